The van der Waals surface area contributed by atoms with Crippen LogP contribution >= 0.6 is 0 Å². The van der Waals surface area contributed by atoms with E-state index < -0.39 is 0 Å². The molecule has 2 bridgehead atoms. The van der Waals surface area contributed by atoms with Crippen molar-refractivity contribution in [1.29, 1.82) is 0 Å². The molecule has 3 saturated heterocycles. The van der Waals surface area contributed by atoms with Crippen LogP contribution in [0.1, 0.15) is 37.8 Å². The Morgan fingerprint density at radius 2 is 2.18 bits per heavy atom. The Labute approximate surface area is 165 Å². The second kappa shape index (κ2) is 7.51. The van der Waals surface area contributed by atoms with E-state index in [1.165, 1.54) is 12.0 Å². The lowest BCUT2D eigenvalue weighted by atomic mass is 9.75. The largest absolute Gasteiger partial charge is 0.330 e. The molecule has 3 fully saturated rings. The van der Waals surface area contributed by atoms with Crippen molar-refractivity contribution in [3.63, 3.8) is 0 Å². The van der Waals surface area contributed by atoms with Crippen LogP contribution in [0.15, 0.2) is 42.6 Å². The van der Waals surface area contributed by atoms with E-state index >= 15 is 0 Å². The maximum absolute atomic E-state index is 12.8. The molecule has 1 amide bonds. The Hall–Kier alpha value is -2.47. The zero-order chi connectivity index (χ0) is 18.9. The third-order valence-electron chi connectivity index (χ3n) is 6.75. The molecule has 0 saturated carbocycles. The van der Waals surface area contributed by atoms with E-state index in [0.717, 1.165) is 56.7 Å². The maximum Gasteiger partial charge on any atom is 0.233 e. The fourth-order valence-electron chi connectivity index (χ4n) is 5.24. The van der Waals surface area contributed by atoms with Crippen LogP contribution in [-0.4, -0.2) is 40.0 Å². The van der Waals surface area contributed by atoms with Gasteiger partial charge in [0.05, 0.1) is 31.7 Å². The average molecular weight is 379 g/mol. The average Bonchev–Trinajstić information content (AvgIpc) is 3.41. The fourth-order valence-corrected chi connectivity index (χ4v) is 5.24. The van der Waals surface area contributed by atoms with Crippen molar-refractivity contribution < 1.29 is 9.69 Å². The van der Waals surface area contributed by atoms with Crippen LogP contribution in [0.25, 0.3) is 5.57 Å². The van der Waals surface area contributed by atoms with Crippen molar-refractivity contribution in [3.8, 4) is 0 Å². The predicted molar refractivity (Wildman–Crippen MR) is 108 cm³/mol. The van der Waals surface area contributed by atoms with E-state index in [9.17, 15) is 4.79 Å². The highest BCUT2D eigenvalue weighted by Crippen LogP contribution is 2.29. The minimum Gasteiger partial charge on any atom is -0.330 e. The number of allylic oxidation sites excluding steroid dienone is 2. The molecule has 1 aromatic heterocycles. The summed E-state index contributed by atoms with van der Waals surface area (Å²) in [5.41, 5.74) is 3.29. The Balaban J connectivity index is 1.21. The highest BCUT2D eigenvalue weighted by Gasteiger charge is 2.46. The van der Waals surface area contributed by atoms with Crippen LogP contribution in [0.4, 0.5) is 5.69 Å². The Kier molecular flexibility index (Phi) is 4.72. The van der Waals surface area contributed by atoms with Crippen LogP contribution in [0.3, 0.4) is 0 Å². The first-order valence-corrected chi connectivity index (χ1v) is 10.6. The molecule has 28 heavy (non-hydrogen) atoms. The normalized spacial score (nSPS) is 28.9. The number of nitrogens with one attached hydrogen (secondary N) is 2. The summed E-state index contributed by atoms with van der Waals surface area (Å²) in [6.07, 6.45) is 10.2. The van der Waals surface area contributed by atoms with Gasteiger partial charge in [-0.1, -0.05) is 29.5 Å². The van der Waals surface area contributed by atoms with Gasteiger partial charge in [0.2, 0.25) is 5.91 Å². The number of quaternary nitrogens is 1. The lowest BCUT2D eigenvalue weighted by Crippen LogP contribution is -3.20. The SMILES string of the molecule is O=C(Nc1ccccc1)[C@H]1C[NH+]2CC[C@@H]1C[C@@H]2Cn1cc(C2=CCCC2)nn1. The number of benzene rings is 1. The molecule has 0 radical (unpaired) electrons. The number of fused-ring (bicyclic) bond motifs is 3. The van der Waals surface area contributed by atoms with Gasteiger partial charge in [0.1, 0.15) is 11.7 Å². The van der Waals surface area contributed by atoms with E-state index in [1.807, 2.05) is 35.0 Å². The molecular weight excluding hydrogens is 350 g/mol. The zero-order valence-corrected chi connectivity index (χ0v) is 16.2. The highest BCUT2D eigenvalue weighted by atomic mass is 16.2. The second-order valence-electron chi connectivity index (χ2n) is 8.50. The Morgan fingerprint density at radius 3 is 2.93 bits per heavy atom. The molecule has 1 aliphatic carbocycles. The summed E-state index contributed by atoms with van der Waals surface area (Å²) in [5, 5.41) is 11.9. The number of aromatic nitrogens is 3. The number of para-hydroxylation sites is 1. The molecule has 146 valence electrons. The first-order chi connectivity index (χ1) is 13.8. The molecule has 6 rings (SSSR count). The number of anilines is 1. The minimum absolute atomic E-state index is 0.121. The summed E-state index contributed by atoms with van der Waals surface area (Å²) in [4.78, 5) is 14.4. The lowest BCUT2D eigenvalue weighted by molar-refractivity contribution is -0.945. The second-order valence-corrected chi connectivity index (χ2v) is 8.50. The van der Waals surface area contributed by atoms with Crippen molar-refractivity contribution in [3.05, 3.63) is 48.3 Å². The number of piperidine rings is 3. The molecule has 0 spiro atoms. The number of rotatable bonds is 5. The van der Waals surface area contributed by atoms with Crippen LogP contribution in [0.2, 0.25) is 0 Å². The number of hydrogen-bond donors (Lipinski definition) is 2. The van der Waals surface area contributed by atoms with Crippen molar-refractivity contribution in [1.82, 2.24) is 15.0 Å². The summed E-state index contributed by atoms with van der Waals surface area (Å²) in [6.45, 7) is 3.00. The van der Waals surface area contributed by atoms with Gasteiger partial charge < -0.3 is 10.2 Å². The van der Waals surface area contributed by atoms with Crippen LogP contribution in [0.5, 0.6) is 0 Å². The molecule has 1 aromatic carbocycles. The van der Waals surface area contributed by atoms with E-state index in [1.54, 1.807) is 4.90 Å². The van der Waals surface area contributed by atoms with Crippen LogP contribution in [0, 0.1) is 11.8 Å². The third kappa shape index (κ3) is 3.49. The Bertz CT molecular complexity index is 874. The van der Waals surface area contributed by atoms with Gasteiger partial charge in [-0.3, -0.25) is 4.79 Å². The quantitative estimate of drug-likeness (QED) is 0.834. The predicted octanol–water partition coefficient (Wildman–Crippen LogP) is 1.78. The number of carbonyl (C=O) groups is 1. The molecule has 4 aliphatic rings. The van der Waals surface area contributed by atoms with E-state index in [0.29, 0.717) is 12.0 Å². The maximum atomic E-state index is 12.8. The van der Waals surface area contributed by atoms with Crippen LogP contribution < -0.4 is 10.2 Å². The van der Waals surface area contributed by atoms with Crippen molar-refractivity contribution >= 4 is 17.2 Å². The summed E-state index contributed by atoms with van der Waals surface area (Å²) in [5.74, 6) is 0.782. The first-order valence-electron chi connectivity index (χ1n) is 10.6. The van der Waals surface area contributed by atoms with Crippen LogP contribution in [-0.2, 0) is 11.3 Å². The molecule has 1 unspecified atom stereocenters. The standard InChI is InChI=1S/C22H27N5O/c28-22(23-18-8-2-1-3-9-18)20-14-26-11-10-17(20)12-19(26)13-27-15-21(24-25-27)16-6-4-5-7-16/h1-3,6,8-9,15,17,19-20H,4-5,7,10-14H2,(H,23,28)/p+1/t17-,19-,20+/m1/s1. The molecular formula is C22H28N5O+. The molecule has 4 heterocycles. The molecule has 3 aliphatic heterocycles. The number of carbonyl (C=O) groups excluding carboxylic acids is 1. The summed E-state index contributed by atoms with van der Waals surface area (Å²) < 4.78 is 2.02. The number of nitrogens with zero attached hydrogens (tertiary/aromatic N) is 3. The summed E-state index contributed by atoms with van der Waals surface area (Å²) in [6, 6.07) is 10.3. The van der Waals surface area contributed by atoms with E-state index in [-0.39, 0.29) is 11.8 Å². The molecule has 2 N–H and O–H groups in total. The van der Waals surface area contributed by atoms with Gasteiger partial charge in [-0.25, -0.2) is 4.68 Å². The number of hydrogen-bond acceptors (Lipinski definition) is 3. The van der Waals surface area contributed by atoms with Gasteiger partial charge in [0.15, 0.2) is 0 Å². The monoisotopic (exact) mass is 378 g/mol. The molecule has 6 nitrogen and oxygen atoms in total. The van der Waals surface area contributed by atoms with Gasteiger partial charge in [0, 0.05) is 18.5 Å². The Morgan fingerprint density at radius 1 is 1.29 bits per heavy atom. The van der Waals surface area contributed by atoms with Gasteiger partial charge in [-0.15, -0.1) is 5.10 Å². The topological polar surface area (TPSA) is 64.2 Å². The van der Waals surface area contributed by atoms with Gasteiger partial charge in [-0.2, -0.15) is 0 Å². The molecule has 2 aromatic rings. The number of amides is 1. The molecule has 6 heteroatoms. The highest BCUT2D eigenvalue weighted by molar-refractivity contribution is 5.92. The first kappa shape index (κ1) is 17.6. The van der Waals surface area contributed by atoms with Gasteiger partial charge in [0.25, 0.3) is 0 Å². The fraction of sp³-hybridized carbons (Fsp3) is 0.500. The third-order valence-corrected chi connectivity index (χ3v) is 6.75. The van der Waals surface area contributed by atoms with Gasteiger partial charge >= 0.3 is 0 Å². The van der Waals surface area contributed by atoms with E-state index in [4.69, 9.17) is 0 Å². The van der Waals surface area contributed by atoms with Crippen molar-refractivity contribution in [2.24, 2.45) is 11.8 Å². The lowest BCUT2D eigenvalue weighted by Gasteiger charge is -2.46. The minimum atomic E-state index is 0.121. The zero-order valence-electron chi connectivity index (χ0n) is 16.2. The summed E-state index contributed by atoms with van der Waals surface area (Å²) >= 11 is 0. The smallest absolute Gasteiger partial charge is 0.233 e. The molecule has 4 atom stereocenters. The van der Waals surface area contributed by atoms with Gasteiger partial charge in [-0.05, 0) is 42.9 Å². The summed E-state index contributed by atoms with van der Waals surface area (Å²) in [7, 11) is 0. The van der Waals surface area contributed by atoms with Crippen molar-refractivity contribution in [2.75, 3.05) is 18.4 Å². The van der Waals surface area contributed by atoms with E-state index in [2.05, 4.69) is 27.9 Å². The van der Waals surface area contributed by atoms with Crippen molar-refractivity contribution in [2.45, 2.75) is 44.7 Å².